The SMILES string of the molecule is CO[C@@H]1[C@H](OC)C=C(C)C[C@H]1OC. The Bertz CT molecular complexity index is 189. The summed E-state index contributed by atoms with van der Waals surface area (Å²) in [5.41, 5.74) is 1.30. The van der Waals surface area contributed by atoms with Crippen LogP contribution in [0.2, 0.25) is 0 Å². The van der Waals surface area contributed by atoms with Crippen molar-refractivity contribution in [3.8, 4) is 0 Å². The van der Waals surface area contributed by atoms with E-state index in [1.807, 2.05) is 0 Å². The van der Waals surface area contributed by atoms with Gasteiger partial charge in [-0.1, -0.05) is 11.6 Å². The van der Waals surface area contributed by atoms with Gasteiger partial charge in [-0.3, -0.25) is 0 Å². The maximum absolute atomic E-state index is 5.35. The second kappa shape index (κ2) is 4.74. The van der Waals surface area contributed by atoms with Crippen molar-refractivity contribution in [2.24, 2.45) is 0 Å². The highest BCUT2D eigenvalue weighted by molar-refractivity contribution is 5.12. The fourth-order valence-electron chi connectivity index (χ4n) is 1.79. The molecule has 0 spiro atoms. The van der Waals surface area contributed by atoms with E-state index in [0.29, 0.717) is 0 Å². The van der Waals surface area contributed by atoms with Gasteiger partial charge in [0.1, 0.15) is 12.2 Å². The fraction of sp³-hybridized carbons (Fsp3) is 0.800. The zero-order chi connectivity index (χ0) is 9.84. The predicted octanol–water partition coefficient (Wildman–Crippen LogP) is 1.38. The number of methoxy groups -OCH3 is 3. The van der Waals surface area contributed by atoms with Crippen LogP contribution >= 0.6 is 0 Å². The minimum Gasteiger partial charge on any atom is -0.378 e. The highest BCUT2D eigenvalue weighted by Gasteiger charge is 2.32. The molecule has 0 aromatic rings. The molecule has 0 heterocycles. The molecule has 0 unspecified atom stereocenters. The highest BCUT2D eigenvalue weighted by Crippen LogP contribution is 2.24. The molecule has 0 aliphatic heterocycles. The number of hydrogen-bond acceptors (Lipinski definition) is 3. The van der Waals surface area contributed by atoms with E-state index in [1.165, 1.54) is 5.57 Å². The third-order valence-electron chi connectivity index (χ3n) is 2.51. The second-order valence-electron chi connectivity index (χ2n) is 3.39. The molecule has 0 saturated carbocycles. The first-order valence-corrected chi connectivity index (χ1v) is 4.48. The van der Waals surface area contributed by atoms with Gasteiger partial charge in [0, 0.05) is 21.3 Å². The number of rotatable bonds is 3. The van der Waals surface area contributed by atoms with Crippen molar-refractivity contribution >= 4 is 0 Å². The molecule has 0 saturated heterocycles. The topological polar surface area (TPSA) is 27.7 Å². The van der Waals surface area contributed by atoms with Crippen LogP contribution in [0.15, 0.2) is 11.6 Å². The lowest BCUT2D eigenvalue weighted by Gasteiger charge is -2.33. The summed E-state index contributed by atoms with van der Waals surface area (Å²) in [6.07, 6.45) is 3.17. The first-order valence-electron chi connectivity index (χ1n) is 4.48. The maximum Gasteiger partial charge on any atom is 0.113 e. The molecule has 0 N–H and O–H groups in total. The molecule has 0 fully saturated rings. The van der Waals surface area contributed by atoms with E-state index in [4.69, 9.17) is 14.2 Å². The van der Waals surface area contributed by atoms with Crippen LogP contribution in [0.1, 0.15) is 13.3 Å². The molecular weight excluding hydrogens is 168 g/mol. The highest BCUT2D eigenvalue weighted by atomic mass is 16.6. The van der Waals surface area contributed by atoms with Crippen molar-refractivity contribution in [2.75, 3.05) is 21.3 Å². The average Bonchev–Trinajstić information content (AvgIpc) is 2.16. The van der Waals surface area contributed by atoms with Gasteiger partial charge in [0.05, 0.1) is 6.10 Å². The van der Waals surface area contributed by atoms with Crippen LogP contribution < -0.4 is 0 Å². The Hall–Kier alpha value is -0.380. The Morgan fingerprint density at radius 3 is 2.31 bits per heavy atom. The Morgan fingerprint density at radius 2 is 1.85 bits per heavy atom. The van der Waals surface area contributed by atoms with Crippen molar-refractivity contribution in [1.29, 1.82) is 0 Å². The third kappa shape index (κ3) is 2.30. The van der Waals surface area contributed by atoms with Gasteiger partial charge in [-0.2, -0.15) is 0 Å². The first-order chi connectivity index (χ1) is 6.22. The van der Waals surface area contributed by atoms with E-state index in [0.717, 1.165) is 6.42 Å². The van der Waals surface area contributed by atoms with Crippen molar-refractivity contribution in [2.45, 2.75) is 31.7 Å². The maximum atomic E-state index is 5.35. The molecule has 0 bridgehead atoms. The van der Waals surface area contributed by atoms with Gasteiger partial charge in [0.2, 0.25) is 0 Å². The van der Waals surface area contributed by atoms with Crippen molar-refractivity contribution in [3.63, 3.8) is 0 Å². The lowest BCUT2D eigenvalue weighted by molar-refractivity contribution is -0.0967. The molecular formula is C10H18O3. The number of ether oxygens (including phenoxy) is 3. The summed E-state index contributed by atoms with van der Waals surface area (Å²) in [6, 6.07) is 0. The second-order valence-corrected chi connectivity index (χ2v) is 3.39. The molecule has 0 aromatic carbocycles. The molecule has 0 amide bonds. The zero-order valence-corrected chi connectivity index (χ0v) is 8.74. The van der Waals surface area contributed by atoms with Crippen LogP contribution in [0.4, 0.5) is 0 Å². The van der Waals surface area contributed by atoms with Gasteiger partial charge >= 0.3 is 0 Å². The van der Waals surface area contributed by atoms with Gasteiger partial charge in [0.25, 0.3) is 0 Å². The van der Waals surface area contributed by atoms with Gasteiger partial charge < -0.3 is 14.2 Å². The summed E-state index contributed by atoms with van der Waals surface area (Å²) < 4.78 is 16.0. The predicted molar refractivity (Wildman–Crippen MR) is 50.8 cm³/mol. The van der Waals surface area contributed by atoms with E-state index < -0.39 is 0 Å². The van der Waals surface area contributed by atoms with E-state index in [2.05, 4.69) is 13.0 Å². The van der Waals surface area contributed by atoms with Crippen LogP contribution in [0, 0.1) is 0 Å². The first kappa shape index (κ1) is 10.7. The van der Waals surface area contributed by atoms with E-state index >= 15 is 0 Å². The average molecular weight is 186 g/mol. The van der Waals surface area contributed by atoms with Crippen molar-refractivity contribution < 1.29 is 14.2 Å². The number of hydrogen-bond donors (Lipinski definition) is 0. The molecule has 0 aromatic heterocycles. The van der Waals surface area contributed by atoms with Gasteiger partial charge in [-0.25, -0.2) is 0 Å². The molecule has 1 aliphatic rings. The third-order valence-corrected chi connectivity index (χ3v) is 2.51. The van der Waals surface area contributed by atoms with Gasteiger partial charge in [-0.05, 0) is 13.3 Å². The quantitative estimate of drug-likeness (QED) is 0.623. The Labute approximate surface area is 79.7 Å². The largest absolute Gasteiger partial charge is 0.378 e. The normalized spacial score (nSPS) is 34.5. The molecule has 76 valence electrons. The summed E-state index contributed by atoms with van der Waals surface area (Å²) in [5, 5.41) is 0. The van der Waals surface area contributed by atoms with Crippen LogP contribution in [-0.2, 0) is 14.2 Å². The summed E-state index contributed by atoms with van der Waals surface area (Å²) in [6.45, 7) is 2.09. The lowest BCUT2D eigenvalue weighted by atomic mass is 9.93. The Balaban J connectivity index is 2.75. The van der Waals surface area contributed by atoms with Crippen molar-refractivity contribution in [1.82, 2.24) is 0 Å². The minimum atomic E-state index is 0.0127. The smallest absolute Gasteiger partial charge is 0.113 e. The Morgan fingerprint density at radius 1 is 1.15 bits per heavy atom. The van der Waals surface area contributed by atoms with Crippen LogP contribution in [0.5, 0.6) is 0 Å². The monoisotopic (exact) mass is 186 g/mol. The van der Waals surface area contributed by atoms with Crippen LogP contribution in [-0.4, -0.2) is 39.6 Å². The molecule has 3 nitrogen and oxygen atoms in total. The summed E-state index contributed by atoms with van der Waals surface area (Å²) in [7, 11) is 5.09. The van der Waals surface area contributed by atoms with Crippen LogP contribution in [0.3, 0.4) is 0 Å². The summed E-state index contributed by atoms with van der Waals surface area (Å²) in [4.78, 5) is 0. The van der Waals surface area contributed by atoms with Gasteiger partial charge in [-0.15, -0.1) is 0 Å². The molecule has 13 heavy (non-hydrogen) atoms. The minimum absolute atomic E-state index is 0.0127. The standard InChI is InChI=1S/C10H18O3/c1-7-5-8(11-2)10(13-4)9(6-7)12-3/h5,8-10H,6H2,1-4H3/t8-,9-,10-/m1/s1. The molecule has 1 aliphatic carbocycles. The van der Waals surface area contributed by atoms with Gasteiger partial charge in [0.15, 0.2) is 0 Å². The molecule has 0 radical (unpaired) electrons. The zero-order valence-electron chi connectivity index (χ0n) is 8.74. The molecule has 3 heteroatoms. The van der Waals surface area contributed by atoms with E-state index in [-0.39, 0.29) is 18.3 Å². The van der Waals surface area contributed by atoms with Crippen LogP contribution in [0.25, 0.3) is 0 Å². The Kier molecular flexibility index (Phi) is 3.90. The summed E-state index contributed by atoms with van der Waals surface area (Å²) in [5.74, 6) is 0. The van der Waals surface area contributed by atoms with Crippen molar-refractivity contribution in [3.05, 3.63) is 11.6 Å². The van der Waals surface area contributed by atoms with E-state index in [9.17, 15) is 0 Å². The molecule has 3 atom stereocenters. The van der Waals surface area contributed by atoms with E-state index in [1.54, 1.807) is 21.3 Å². The lowest BCUT2D eigenvalue weighted by Crippen LogP contribution is -2.43. The fourth-order valence-corrected chi connectivity index (χ4v) is 1.79. The molecule has 1 rings (SSSR count). The summed E-state index contributed by atoms with van der Waals surface area (Å²) >= 11 is 0.